The van der Waals surface area contributed by atoms with Gasteiger partial charge in [0.15, 0.2) is 0 Å². The SMILES string of the molecule is C#CC(CC)NCc1cc(OC)cc([N+](=O)[O-])c1. The maximum atomic E-state index is 10.8. The van der Waals surface area contributed by atoms with Crippen LogP contribution in [-0.2, 0) is 6.54 Å². The summed E-state index contributed by atoms with van der Waals surface area (Å²) >= 11 is 0. The first-order valence-corrected chi connectivity index (χ1v) is 5.62. The summed E-state index contributed by atoms with van der Waals surface area (Å²) in [4.78, 5) is 10.3. The summed E-state index contributed by atoms with van der Waals surface area (Å²) in [6.07, 6.45) is 6.14. The molecule has 0 saturated carbocycles. The van der Waals surface area contributed by atoms with Crippen LogP contribution in [0.25, 0.3) is 0 Å². The Morgan fingerprint density at radius 1 is 1.56 bits per heavy atom. The largest absolute Gasteiger partial charge is 0.496 e. The Hall–Kier alpha value is -2.06. The number of nitrogens with zero attached hydrogens (tertiary/aromatic N) is 1. The first kappa shape index (κ1) is 14.0. The van der Waals surface area contributed by atoms with Crippen molar-refractivity contribution in [2.45, 2.75) is 25.9 Å². The highest BCUT2D eigenvalue weighted by Gasteiger charge is 2.10. The summed E-state index contributed by atoms with van der Waals surface area (Å²) in [7, 11) is 1.48. The van der Waals surface area contributed by atoms with E-state index in [-0.39, 0.29) is 11.7 Å². The van der Waals surface area contributed by atoms with Gasteiger partial charge in [-0.15, -0.1) is 6.42 Å². The number of hydrogen-bond acceptors (Lipinski definition) is 4. The number of ether oxygens (including phenoxy) is 1. The van der Waals surface area contributed by atoms with Crippen molar-refractivity contribution < 1.29 is 9.66 Å². The summed E-state index contributed by atoms with van der Waals surface area (Å²) in [6, 6.07) is 4.62. The third-order valence-electron chi connectivity index (χ3n) is 2.56. The van der Waals surface area contributed by atoms with E-state index < -0.39 is 4.92 Å². The molecule has 0 aliphatic rings. The monoisotopic (exact) mass is 248 g/mol. The van der Waals surface area contributed by atoms with Gasteiger partial charge in [0.25, 0.3) is 5.69 Å². The van der Waals surface area contributed by atoms with E-state index in [1.807, 2.05) is 6.92 Å². The number of non-ortho nitro benzene ring substituents is 1. The van der Waals surface area contributed by atoms with Crippen molar-refractivity contribution in [2.75, 3.05) is 7.11 Å². The standard InChI is InChI=1S/C13H16N2O3/c1-4-11(5-2)14-9-10-6-12(15(16)17)8-13(7-10)18-3/h1,6-8,11,14H,5,9H2,2-3H3. The summed E-state index contributed by atoms with van der Waals surface area (Å²) in [6.45, 7) is 2.45. The van der Waals surface area contributed by atoms with Crippen LogP contribution in [0.5, 0.6) is 5.75 Å². The molecule has 96 valence electrons. The van der Waals surface area contributed by atoms with Gasteiger partial charge in [0.2, 0.25) is 0 Å². The second kappa shape index (κ2) is 6.62. The number of rotatable bonds is 6. The quantitative estimate of drug-likeness (QED) is 0.475. The van der Waals surface area contributed by atoms with Crippen LogP contribution in [-0.4, -0.2) is 18.1 Å². The molecule has 5 nitrogen and oxygen atoms in total. The van der Waals surface area contributed by atoms with Gasteiger partial charge in [-0.1, -0.05) is 12.8 Å². The van der Waals surface area contributed by atoms with Crippen molar-refractivity contribution in [3.8, 4) is 18.1 Å². The summed E-state index contributed by atoms with van der Waals surface area (Å²) in [5.74, 6) is 3.08. The molecule has 0 aliphatic carbocycles. The minimum Gasteiger partial charge on any atom is -0.496 e. The third kappa shape index (κ3) is 3.75. The van der Waals surface area contributed by atoms with Gasteiger partial charge in [-0.2, -0.15) is 0 Å². The molecule has 5 heteroatoms. The van der Waals surface area contributed by atoms with Crippen LogP contribution in [0.2, 0.25) is 0 Å². The number of nitro benzene ring substituents is 1. The van der Waals surface area contributed by atoms with Crippen LogP contribution in [0, 0.1) is 22.5 Å². The maximum Gasteiger partial charge on any atom is 0.273 e. The lowest BCUT2D eigenvalue weighted by atomic mass is 10.1. The average Bonchev–Trinajstić information content (AvgIpc) is 2.39. The molecule has 0 heterocycles. The van der Waals surface area contributed by atoms with Crippen LogP contribution in [0.4, 0.5) is 5.69 Å². The number of terminal acetylenes is 1. The minimum atomic E-state index is -0.440. The van der Waals surface area contributed by atoms with Crippen molar-refractivity contribution in [1.29, 1.82) is 0 Å². The van der Waals surface area contributed by atoms with Gasteiger partial charge >= 0.3 is 0 Å². The molecule has 0 amide bonds. The molecule has 0 saturated heterocycles. The Labute approximate surface area is 106 Å². The lowest BCUT2D eigenvalue weighted by Crippen LogP contribution is -2.26. The zero-order chi connectivity index (χ0) is 13.5. The van der Waals surface area contributed by atoms with Crippen molar-refractivity contribution in [2.24, 2.45) is 0 Å². The van der Waals surface area contributed by atoms with Crippen LogP contribution >= 0.6 is 0 Å². The Bertz CT molecular complexity index is 466. The summed E-state index contributed by atoms with van der Waals surface area (Å²) < 4.78 is 5.03. The van der Waals surface area contributed by atoms with E-state index in [1.165, 1.54) is 19.2 Å². The van der Waals surface area contributed by atoms with E-state index in [0.717, 1.165) is 12.0 Å². The topological polar surface area (TPSA) is 64.4 Å². The minimum absolute atomic E-state index is 0.0138. The van der Waals surface area contributed by atoms with E-state index in [2.05, 4.69) is 11.2 Å². The molecule has 0 aliphatic heterocycles. The zero-order valence-electron chi connectivity index (χ0n) is 10.5. The Balaban J connectivity index is 2.85. The summed E-state index contributed by atoms with van der Waals surface area (Å²) in [5.41, 5.74) is 0.787. The lowest BCUT2D eigenvalue weighted by Gasteiger charge is -2.11. The van der Waals surface area contributed by atoms with Gasteiger partial charge in [0.05, 0.1) is 24.1 Å². The van der Waals surface area contributed by atoms with E-state index in [0.29, 0.717) is 12.3 Å². The highest BCUT2D eigenvalue weighted by molar-refractivity contribution is 5.42. The van der Waals surface area contributed by atoms with Gasteiger partial charge in [-0.3, -0.25) is 15.4 Å². The number of hydrogen-bond donors (Lipinski definition) is 1. The zero-order valence-corrected chi connectivity index (χ0v) is 10.5. The fourth-order valence-corrected chi connectivity index (χ4v) is 1.53. The van der Waals surface area contributed by atoms with E-state index >= 15 is 0 Å². The normalized spacial score (nSPS) is 11.6. The predicted octanol–water partition coefficient (Wildman–Crippen LogP) is 2.10. The molecule has 0 aromatic heterocycles. The van der Waals surface area contributed by atoms with Crippen LogP contribution in [0.3, 0.4) is 0 Å². The molecule has 1 atom stereocenters. The molecule has 0 fully saturated rings. The van der Waals surface area contributed by atoms with E-state index in [4.69, 9.17) is 11.2 Å². The van der Waals surface area contributed by atoms with E-state index in [1.54, 1.807) is 6.07 Å². The number of benzene rings is 1. The predicted molar refractivity (Wildman–Crippen MR) is 69.4 cm³/mol. The highest BCUT2D eigenvalue weighted by Crippen LogP contribution is 2.22. The van der Waals surface area contributed by atoms with Crippen LogP contribution < -0.4 is 10.1 Å². The van der Waals surface area contributed by atoms with Crippen LogP contribution in [0.1, 0.15) is 18.9 Å². The van der Waals surface area contributed by atoms with Crippen molar-refractivity contribution in [1.82, 2.24) is 5.32 Å². The lowest BCUT2D eigenvalue weighted by molar-refractivity contribution is -0.385. The molecule has 1 aromatic carbocycles. The van der Waals surface area contributed by atoms with Crippen molar-refractivity contribution in [3.05, 3.63) is 33.9 Å². The van der Waals surface area contributed by atoms with Gasteiger partial charge < -0.3 is 4.74 Å². The molecule has 0 radical (unpaired) electrons. The molecule has 1 unspecified atom stereocenters. The van der Waals surface area contributed by atoms with Crippen LogP contribution in [0.15, 0.2) is 18.2 Å². The molecule has 1 N–H and O–H groups in total. The average molecular weight is 248 g/mol. The second-order valence-corrected chi connectivity index (χ2v) is 3.80. The molecule has 0 bridgehead atoms. The first-order chi connectivity index (χ1) is 8.60. The number of methoxy groups -OCH3 is 1. The molecule has 1 rings (SSSR count). The number of nitrogens with one attached hydrogen (secondary N) is 1. The Morgan fingerprint density at radius 3 is 2.78 bits per heavy atom. The molecule has 18 heavy (non-hydrogen) atoms. The maximum absolute atomic E-state index is 10.8. The van der Waals surface area contributed by atoms with Gasteiger partial charge in [0.1, 0.15) is 5.75 Å². The fourth-order valence-electron chi connectivity index (χ4n) is 1.53. The molecular weight excluding hydrogens is 232 g/mol. The first-order valence-electron chi connectivity index (χ1n) is 5.62. The highest BCUT2D eigenvalue weighted by atomic mass is 16.6. The van der Waals surface area contributed by atoms with Crippen molar-refractivity contribution >= 4 is 5.69 Å². The number of nitro groups is 1. The fraction of sp³-hybridized carbons (Fsp3) is 0.385. The van der Waals surface area contributed by atoms with Gasteiger partial charge in [0, 0.05) is 12.6 Å². The van der Waals surface area contributed by atoms with Gasteiger partial charge in [-0.25, -0.2) is 0 Å². The molecule has 1 aromatic rings. The second-order valence-electron chi connectivity index (χ2n) is 3.80. The van der Waals surface area contributed by atoms with Crippen molar-refractivity contribution in [3.63, 3.8) is 0 Å². The third-order valence-corrected chi connectivity index (χ3v) is 2.56. The Kier molecular flexibility index (Phi) is 5.15. The summed E-state index contributed by atoms with van der Waals surface area (Å²) in [5, 5.41) is 13.9. The molecule has 0 spiro atoms. The smallest absolute Gasteiger partial charge is 0.273 e. The molecular formula is C13H16N2O3. The van der Waals surface area contributed by atoms with E-state index in [9.17, 15) is 10.1 Å². The Morgan fingerprint density at radius 2 is 2.28 bits per heavy atom. The van der Waals surface area contributed by atoms with Gasteiger partial charge in [-0.05, 0) is 18.1 Å².